The Kier molecular flexibility index (Phi) is 10.5. The number of nitrogens with one attached hydrogen (secondary N) is 2. The molecule has 0 saturated heterocycles. The number of fused-ring (bicyclic) bond motifs is 4. The molecule has 3 heterocycles. The van der Waals surface area contributed by atoms with Crippen LogP contribution in [0.1, 0.15) is 36.1 Å². The van der Waals surface area contributed by atoms with Crippen LogP contribution in [0.15, 0.2) is 81.2 Å². The lowest BCUT2D eigenvalue weighted by atomic mass is 10.0. The molecule has 0 unspecified atom stereocenters. The summed E-state index contributed by atoms with van der Waals surface area (Å²) in [7, 11) is -0.192. The first kappa shape index (κ1) is 37.0. The average Bonchev–Trinajstić information content (AvgIpc) is 3.57. The van der Waals surface area contributed by atoms with Crippen molar-refractivity contribution in [3.05, 3.63) is 99.0 Å². The maximum atomic E-state index is 14.3. The standard InChI is InChI=1S/C36H40N8O8S/c1-22(2)31-33-39-32(23-9-7-6-8-10-23)40-44(33)17-18-52-29-19-24(11-14-28(29)51-5)34(46)37-15-16-43(21-30(45)38-31)53(49,50)25-12-13-27-26(20-25)35(47)42(4)36(48)41(27)3/h6-14,19-20,22,31H,15-18,21H2,1-5H3,(H,37,46)(H,38,45)/t31-/m1/s1. The number of sulfonamides is 1. The van der Waals surface area contributed by atoms with Gasteiger partial charge in [0.15, 0.2) is 23.1 Å². The third-order valence-electron chi connectivity index (χ3n) is 9.02. The van der Waals surface area contributed by atoms with Crippen molar-refractivity contribution in [1.82, 2.24) is 38.8 Å². The van der Waals surface area contributed by atoms with Gasteiger partial charge in [-0.2, -0.15) is 9.40 Å². The second-order valence-corrected chi connectivity index (χ2v) is 14.8. The van der Waals surface area contributed by atoms with Gasteiger partial charge in [-0.3, -0.25) is 23.5 Å². The van der Waals surface area contributed by atoms with E-state index < -0.39 is 45.7 Å². The normalized spacial score (nSPS) is 16.4. The number of carbonyl (C=O) groups is 2. The Labute approximate surface area is 305 Å². The fraction of sp³-hybridized carbons (Fsp3) is 0.333. The van der Waals surface area contributed by atoms with Gasteiger partial charge in [0.1, 0.15) is 6.61 Å². The lowest BCUT2D eigenvalue weighted by Gasteiger charge is -2.26. The first-order valence-electron chi connectivity index (χ1n) is 16.9. The minimum absolute atomic E-state index is 0.00450. The van der Waals surface area contributed by atoms with Crippen LogP contribution in [0.2, 0.25) is 0 Å². The monoisotopic (exact) mass is 744 g/mol. The fourth-order valence-corrected chi connectivity index (χ4v) is 7.53. The van der Waals surface area contributed by atoms with Gasteiger partial charge in [0.2, 0.25) is 15.9 Å². The van der Waals surface area contributed by atoms with Gasteiger partial charge in [-0.25, -0.2) is 22.9 Å². The van der Waals surface area contributed by atoms with Crippen molar-refractivity contribution in [2.24, 2.45) is 20.0 Å². The molecule has 2 N–H and O–H groups in total. The molecular weight excluding hydrogens is 705 g/mol. The summed E-state index contributed by atoms with van der Waals surface area (Å²) >= 11 is 0. The highest BCUT2D eigenvalue weighted by Gasteiger charge is 2.31. The molecule has 1 aliphatic heterocycles. The molecule has 0 fully saturated rings. The molecule has 0 saturated carbocycles. The zero-order valence-electron chi connectivity index (χ0n) is 29.9. The molecule has 1 aliphatic rings. The minimum atomic E-state index is -4.46. The Hall–Kier alpha value is -5.81. The van der Waals surface area contributed by atoms with Gasteiger partial charge in [-0.05, 0) is 42.3 Å². The molecule has 0 spiro atoms. The van der Waals surface area contributed by atoms with Gasteiger partial charge < -0.3 is 20.1 Å². The van der Waals surface area contributed by atoms with Crippen molar-refractivity contribution in [3.8, 4) is 22.9 Å². The second kappa shape index (κ2) is 15.0. The van der Waals surface area contributed by atoms with Crippen molar-refractivity contribution in [1.29, 1.82) is 0 Å². The molecule has 0 aliphatic carbocycles. The lowest BCUT2D eigenvalue weighted by Crippen LogP contribution is -2.46. The van der Waals surface area contributed by atoms with Crippen molar-refractivity contribution in [2.75, 3.05) is 33.4 Å². The molecule has 6 rings (SSSR count). The van der Waals surface area contributed by atoms with E-state index in [0.717, 1.165) is 14.4 Å². The van der Waals surface area contributed by atoms with Crippen LogP contribution in [0.25, 0.3) is 22.3 Å². The van der Waals surface area contributed by atoms with Gasteiger partial charge in [0, 0.05) is 38.3 Å². The van der Waals surface area contributed by atoms with Gasteiger partial charge in [-0.1, -0.05) is 44.2 Å². The van der Waals surface area contributed by atoms with Crippen LogP contribution in [0.3, 0.4) is 0 Å². The van der Waals surface area contributed by atoms with Crippen LogP contribution in [0, 0.1) is 5.92 Å². The molecule has 17 heteroatoms. The summed E-state index contributed by atoms with van der Waals surface area (Å²) in [6, 6.07) is 17.2. The number of methoxy groups -OCH3 is 1. The summed E-state index contributed by atoms with van der Waals surface area (Å²) in [6.07, 6.45) is 0. The molecule has 2 bridgehead atoms. The molecule has 278 valence electrons. The number of hydrogen-bond donors (Lipinski definition) is 2. The highest BCUT2D eigenvalue weighted by atomic mass is 32.2. The van der Waals surface area contributed by atoms with Gasteiger partial charge >= 0.3 is 5.69 Å². The highest BCUT2D eigenvalue weighted by molar-refractivity contribution is 7.89. The Bertz CT molecular complexity index is 2420. The van der Waals surface area contributed by atoms with Crippen molar-refractivity contribution < 1.29 is 27.5 Å². The minimum Gasteiger partial charge on any atom is -0.493 e. The summed E-state index contributed by atoms with van der Waals surface area (Å²) in [5, 5.41) is 10.4. The SMILES string of the molecule is COc1ccc2cc1OCCn1nc(-c3ccccc3)nc1[C@@H](C(C)C)NC(=O)CN(S(=O)(=O)c1ccc3c(c1)c(=O)n(C)c(=O)n3C)CCNC2=O. The van der Waals surface area contributed by atoms with Gasteiger partial charge in [0.25, 0.3) is 11.5 Å². The number of nitrogens with zero attached hydrogens (tertiary/aromatic N) is 6. The van der Waals surface area contributed by atoms with Crippen LogP contribution in [-0.2, 0) is 35.5 Å². The number of rotatable bonds is 5. The molecule has 53 heavy (non-hydrogen) atoms. The third-order valence-corrected chi connectivity index (χ3v) is 10.9. The van der Waals surface area contributed by atoms with Crippen LogP contribution < -0.4 is 31.4 Å². The van der Waals surface area contributed by atoms with E-state index in [2.05, 4.69) is 10.6 Å². The van der Waals surface area contributed by atoms with E-state index in [4.69, 9.17) is 19.6 Å². The first-order valence-corrected chi connectivity index (χ1v) is 18.3. The average molecular weight is 745 g/mol. The van der Waals surface area contributed by atoms with E-state index in [0.29, 0.717) is 23.1 Å². The summed E-state index contributed by atoms with van der Waals surface area (Å²) in [5.41, 5.74) is 0.000901. The number of aryl methyl sites for hydroxylation is 1. The van der Waals surface area contributed by atoms with E-state index in [-0.39, 0.29) is 53.5 Å². The zero-order valence-corrected chi connectivity index (χ0v) is 30.7. The predicted octanol–water partition coefficient (Wildman–Crippen LogP) is 1.83. The maximum absolute atomic E-state index is 14.3. The highest BCUT2D eigenvalue weighted by Crippen LogP contribution is 2.29. The summed E-state index contributed by atoms with van der Waals surface area (Å²) in [5.74, 6) is 0.219. The fourth-order valence-electron chi connectivity index (χ4n) is 6.10. The molecule has 3 aromatic carbocycles. The predicted molar refractivity (Wildman–Crippen MR) is 195 cm³/mol. The lowest BCUT2D eigenvalue weighted by molar-refractivity contribution is -0.122. The van der Waals surface area contributed by atoms with Crippen LogP contribution in [0.4, 0.5) is 0 Å². The number of benzene rings is 3. The maximum Gasteiger partial charge on any atom is 0.330 e. The van der Waals surface area contributed by atoms with Gasteiger partial charge in [-0.15, -0.1) is 0 Å². The molecule has 2 aromatic heterocycles. The summed E-state index contributed by atoms with van der Waals surface area (Å²) in [4.78, 5) is 57.3. The quantitative estimate of drug-likeness (QED) is 0.269. The molecule has 0 radical (unpaired) electrons. The second-order valence-electron chi connectivity index (χ2n) is 12.9. The zero-order chi connectivity index (χ0) is 38.0. The Morgan fingerprint density at radius 1 is 0.925 bits per heavy atom. The summed E-state index contributed by atoms with van der Waals surface area (Å²) < 4.78 is 44.8. The number of aromatic nitrogens is 5. The van der Waals surface area contributed by atoms with E-state index in [1.807, 2.05) is 44.2 Å². The van der Waals surface area contributed by atoms with E-state index in [9.17, 15) is 27.6 Å². The largest absolute Gasteiger partial charge is 0.493 e. The van der Waals surface area contributed by atoms with E-state index >= 15 is 0 Å². The van der Waals surface area contributed by atoms with Crippen LogP contribution >= 0.6 is 0 Å². The van der Waals surface area contributed by atoms with Crippen LogP contribution in [0.5, 0.6) is 11.5 Å². The van der Waals surface area contributed by atoms with Gasteiger partial charge in [0.05, 0.1) is 42.0 Å². The number of carbonyl (C=O) groups excluding carboxylic acids is 2. The molecule has 16 nitrogen and oxygen atoms in total. The number of amides is 2. The smallest absolute Gasteiger partial charge is 0.330 e. The van der Waals surface area contributed by atoms with Crippen molar-refractivity contribution in [3.63, 3.8) is 0 Å². The van der Waals surface area contributed by atoms with E-state index in [1.54, 1.807) is 16.8 Å². The molecular formula is C36H40N8O8S. The van der Waals surface area contributed by atoms with E-state index in [1.165, 1.54) is 50.0 Å². The Morgan fingerprint density at radius 3 is 2.40 bits per heavy atom. The van der Waals surface area contributed by atoms with Crippen molar-refractivity contribution >= 4 is 32.7 Å². The Balaban J connectivity index is 1.42. The molecule has 1 atom stereocenters. The number of ether oxygens (including phenoxy) is 2. The summed E-state index contributed by atoms with van der Waals surface area (Å²) in [6.45, 7) is 3.02. The topological polar surface area (TPSA) is 189 Å². The third kappa shape index (κ3) is 7.43. The first-order chi connectivity index (χ1) is 25.3. The Morgan fingerprint density at radius 2 is 1.68 bits per heavy atom. The number of hydrogen-bond acceptors (Lipinski definition) is 10. The van der Waals surface area contributed by atoms with Crippen molar-refractivity contribution in [2.45, 2.75) is 31.3 Å². The molecule has 5 aromatic rings. The molecule has 2 amide bonds. The van der Waals surface area contributed by atoms with Crippen LogP contribution in [-0.4, -0.2) is 81.8 Å².